The number of nitrogens with zero attached hydrogens (tertiary/aromatic N) is 1. The Hall–Kier alpha value is -4.06. The highest BCUT2D eigenvalue weighted by molar-refractivity contribution is 6.10. The summed E-state index contributed by atoms with van der Waals surface area (Å²) in [5.41, 5.74) is 2.01. The van der Waals surface area contributed by atoms with Gasteiger partial charge in [0.1, 0.15) is 17.1 Å². The van der Waals surface area contributed by atoms with Crippen LogP contribution in [-0.4, -0.2) is 19.6 Å². The normalized spacial score (nSPS) is 14.8. The lowest BCUT2D eigenvalue weighted by Gasteiger charge is -2.25. The van der Waals surface area contributed by atoms with Crippen molar-refractivity contribution in [3.8, 4) is 11.5 Å². The Bertz CT molecular complexity index is 1420. The number of ether oxygens (including phenoxy) is 2. The fourth-order valence-corrected chi connectivity index (χ4v) is 4.71. The first-order chi connectivity index (χ1) is 17.6. The predicted molar refractivity (Wildman–Crippen MR) is 140 cm³/mol. The van der Waals surface area contributed by atoms with E-state index in [-0.39, 0.29) is 17.1 Å². The van der Waals surface area contributed by atoms with E-state index in [0.717, 1.165) is 24.2 Å². The summed E-state index contributed by atoms with van der Waals surface area (Å²) >= 11 is 0. The summed E-state index contributed by atoms with van der Waals surface area (Å²) in [6.07, 6.45) is 4.55. The predicted octanol–water partition coefficient (Wildman–Crippen LogP) is 6.51. The van der Waals surface area contributed by atoms with Crippen LogP contribution in [0.3, 0.4) is 0 Å². The van der Waals surface area contributed by atoms with Crippen molar-refractivity contribution >= 4 is 22.6 Å². The Kier molecular flexibility index (Phi) is 6.76. The number of unbranched alkanes of at least 4 members (excludes halogenated alkanes) is 3. The van der Waals surface area contributed by atoms with Gasteiger partial charge in [0.15, 0.2) is 5.43 Å². The number of amides is 1. The van der Waals surface area contributed by atoms with E-state index in [1.807, 2.05) is 36.4 Å². The van der Waals surface area contributed by atoms with Gasteiger partial charge in [-0.3, -0.25) is 14.5 Å². The molecule has 0 saturated carbocycles. The third kappa shape index (κ3) is 4.35. The summed E-state index contributed by atoms with van der Waals surface area (Å²) in [4.78, 5) is 28.9. The molecule has 0 N–H and O–H groups in total. The second-order valence-corrected chi connectivity index (χ2v) is 8.92. The van der Waals surface area contributed by atoms with E-state index in [2.05, 4.69) is 6.92 Å². The summed E-state index contributed by atoms with van der Waals surface area (Å²) in [5, 5.41) is 0.456. The average molecular weight is 484 g/mol. The van der Waals surface area contributed by atoms with Crippen molar-refractivity contribution in [2.45, 2.75) is 38.6 Å². The molecular weight excluding hydrogens is 454 g/mol. The molecule has 6 heteroatoms. The van der Waals surface area contributed by atoms with Crippen molar-refractivity contribution in [1.29, 1.82) is 0 Å². The summed E-state index contributed by atoms with van der Waals surface area (Å²) in [6.45, 7) is 2.85. The number of rotatable bonds is 9. The minimum Gasteiger partial charge on any atom is -0.497 e. The van der Waals surface area contributed by atoms with Gasteiger partial charge < -0.3 is 13.9 Å². The number of benzene rings is 3. The van der Waals surface area contributed by atoms with Gasteiger partial charge in [-0.25, -0.2) is 0 Å². The highest BCUT2D eigenvalue weighted by atomic mass is 16.5. The first-order valence-electron chi connectivity index (χ1n) is 12.4. The number of hydrogen-bond acceptors (Lipinski definition) is 5. The molecule has 0 bridgehead atoms. The Morgan fingerprint density at radius 2 is 1.58 bits per heavy atom. The van der Waals surface area contributed by atoms with Gasteiger partial charge in [-0.05, 0) is 60.5 Å². The van der Waals surface area contributed by atoms with Crippen molar-refractivity contribution in [2.24, 2.45) is 0 Å². The Balaban J connectivity index is 1.55. The second kappa shape index (κ2) is 10.3. The van der Waals surface area contributed by atoms with Crippen LogP contribution >= 0.6 is 0 Å². The molecule has 1 aliphatic heterocycles. The van der Waals surface area contributed by atoms with Crippen molar-refractivity contribution in [2.75, 3.05) is 18.6 Å². The lowest BCUT2D eigenvalue weighted by molar-refractivity contribution is 0.0971. The van der Waals surface area contributed by atoms with Gasteiger partial charge >= 0.3 is 0 Å². The molecular formula is C30H29NO5. The van der Waals surface area contributed by atoms with Gasteiger partial charge in [-0.1, -0.05) is 50.5 Å². The van der Waals surface area contributed by atoms with Crippen LogP contribution in [0.2, 0.25) is 0 Å². The zero-order valence-corrected chi connectivity index (χ0v) is 20.5. The maximum Gasteiger partial charge on any atom is 0.295 e. The van der Waals surface area contributed by atoms with Crippen LogP contribution in [0.5, 0.6) is 11.5 Å². The fourth-order valence-electron chi connectivity index (χ4n) is 4.71. The molecule has 3 aromatic carbocycles. The standard InChI is InChI=1S/C30H29NO5/c1-3-4-5-8-19-35-23-15-11-20(12-16-23)27-26-28(32)24-9-6-7-10-25(24)36-29(26)30(33)31(27)21-13-17-22(34-2)18-14-21/h6-7,9-18,27H,3-5,8,19H2,1-2H3. The first kappa shape index (κ1) is 23.7. The molecule has 184 valence electrons. The molecule has 0 saturated heterocycles. The molecule has 6 nitrogen and oxygen atoms in total. The Morgan fingerprint density at radius 3 is 2.31 bits per heavy atom. The zero-order valence-electron chi connectivity index (χ0n) is 20.5. The van der Waals surface area contributed by atoms with Gasteiger partial charge in [0.05, 0.1) is 30.7 Å². The van der Waals surface area contributed by atoms with Crippen LogP contribution in [0.4, 0.5) is 5.69 Å². The number of carbonyl (C=O) groups excluding carboxylic acids is 1. The lowest BCUT2D eigenvalue weighted by Crippen LogP contribution is -2.29. The van der Waals surface area contributed by atoms with E-state index in [0.29, 0.717) is 34.6 Å². The smallest absolute Gasteiger partial charge is 0.295 e. The van der Waals surface area contributed by atoms with E-state index in [1.54, 1.807) is 48.4 Å². The van der Waals surface area contributed by atoms with Crippen LogP contribution in [0, 0.1) is 0 Å². The molecule has 1 unspecified atom stereocenters. The molecule has 2 heterocycles. The Labute approximate surface area is 210 Å². The van der Waals surface area contributed by atoms with Crippen molar-refractivity contribution in [3.05, 3.63) is 99.9 Å². The van der Waals surface area contributed by atoms with Gasteiger partial charge in [0.25, 0.3) is 5.91 Å². The van der Waals surface area contributed by atoms with Crippen LogP contribution in [0.25, 0.3) is 11.0 Å². The molecule has 1 aliphatic rings. The molecule has 1 atom stereocenters. The van der Waals surface area contributed by atoms with Crippen LogP contribution in [0.1, 0.15) is 60.3 Å². The second-order valence-electron chi connectivity index (χ2n) is 8.92. The topological polar surface area (TPSA) is 69.0 Å². The zero-order chi connectivity index (χ0) is 25.1. The Morgan fingerprint density at radius 1 is 0.861 bits per heavy atom. The van der Waals surface area contributed by atoms with Gasteiger partial charge in [-0.15, -0.1) is 0 Å². The van der Waals surface area contributed by atoms with E-state index >= 15 is 0 Å². The molecule has 0 spiro atoms. The van der Waals surface area contributed by atoms with Gasteiger partial charge in [0, 0.05) is 5.69 Å². The summed E-state index contributed by atoms with van der Waals surface area (Å²) in [7, 11) is 1.59. The number of hydrogen-bond donors (Lipinski definition) is 0. The summed E-state index contributed by atoms with van der Waals surface area (Å²) in [5.74, 6) is 1.18. The molecule has 0 fully saturated rings. The third-order valence-corrected chi connectivity index (χ3v) is 6.59. The highest BCUT2D eigenvalue weighted by Gasteiger charge is 2.43. The highest BCUT2D eigenvalue weighted by Crippen LogP contribution is 2.41. The summed E-state index contributed by atoms with van der Waals surface area (Å²) in [6, 6.07) is 21.2. The van der Waals surface area contributed by atoms with E-state index in [1.165, 1.54) is 12.8 Å². The minimum atomic E-state index is -0.625. The molecule has 0 aliphatic carbocycles. The van der Waals surface area contributed by atoms with Crippen LogP contribution < -0.4 is 19.8 Å². The number of methoxy groups -OCH3 is 1. The number of fused-ring (bicyclic) bond motifs is 2. The number of para-hydroxylation sites is 1. The monoisotopic (exact) mass is 483 g/mol. The molecule has 4 aromatic rings. The molecule has 1 aromatic heterocycles. The van der Waals surface area contributed by atoms with E-state index in [9.17, 15) is 9.59 Å². The molecule has 36 heavy (non-hydrogen) atoms. The van der Waals surface area contributed by atoms with Crippen LogP contribution in [0.15, 0.2) is 82.0 Å². The quantitative estimate of drug-likeness (QED) is 0.254. The van der Waals surface area contributed by atoms with E-state index in [4.69, 9.17) is 13.9 Å². The third-order valence-electron chi connectivity index (χ3n) is 6.59. The maximum atomic E-state index is 13.7. The van der Waals surface area contributed by atoms with E-state index < -0.39 is 6.04 Å². The van der Waals surface area contributed by atoms with Crippen molar-refractivity contribution in [3.63, 3.8) is 0 Å². The first-order valence-corrected chi connectivity index (χ1v) is 12.4. The summed E-state index contributed by atoms with van der Waals surface area (Å²) < 4.78 is 17.2. The maximum absolute atomic E-state index is 13.7. The largest absolute Gasteiger partial charge is 0.497 e. The molecule has 1 amide bonds. The van der Waals surface area contributed by atoms with Crippen molar-refractivity contribution < 1.29 is 18.7 Å². The minimum absolute atomic E-state index is 0.0794. The SMILES string of the molecule is CCCCCCOc1ccc(C2c3c(oc4ccccc4c3=O)C(=O)N2c2ccc(OC)cc2)cc1. The van der Waals surface area contributed by atoms with Gasteiger partial charge in [0.2, 0.25) is 5.76 Å². The van der Waals surface area contributed by atoms with Gasteiger partial charge in [-0.2, -0.15) is 0 Å². The lowest BCUT2D eigenvalue weighted by atomic mass is 9.98. The number of carbonyl (C=O) groups is 1. The van der Waals surface area contributed by atoms with Crippen LogP contribution in [-0.2, 0) is 0 Å². The number of anilines is 1. The molecule has 5 rings (SSSR count). The molecule has 0 radical (unpaired) electrons. The van der Waals surface area contributed by atoms with Crippen molar-refractivity contribution in [1.82, 2.24) is 0 Å². The fraction of sp³-hybridized carbons (Fsp3) is 0.267. The average Bonchev–Trinajstić information content (AvgIpc) is 3.21.